The van der Waals surface area contributed by atoms with Gasteiger partial charge < -0.3 is 10.6 Å². The summed E-state index contributed by atoms with van der Waals surface area (Å²) in [5, 5.41) is 18.4. The molecular formula is C17H18N6O2S. The molecule has 1 saturated carbocycles. The molecule has 0 spiro atoms. The monoisotopic (exact) mass is 370 g/mol. The Balaban J connectivity index is 1.66. The van der Waals surface area contributed by atoms with Crippen LogP contribution in [0.15, 0.2) is 24.5 Å². The van der Waals surface area contributed by atoms with Crippen LogP contribution in [0.1, 0.15) is 31.2 Å². The first-order chi connectivity index (χ1) is 12.6. The molecule has 1 aliphatic carbocycles. The van der Waals surface area contributed by atoms with Crippen LogP contribution in [-0.4, -0.2) is 25.9 Å². The highest BCUT2D eigenvalue weighted by Gasteiger charge is 2.26. The average molecular weight is 370 g/mol. The Morgan fingerprint density at radius 3 is 2.77 bits per heavy atom. The molecule has 0 saturated heterocycles. The molecule has 3 aromatic rings. The average Bonchev–Trinajstić information content (AvgIpc) is 3.23. The fourth-order valence-electron chi connectivity index (χ4n) is 3.20. The highest BCUT2D eigenvalue weighted by molar-refractivity contribution is 7.22. The second-order valence-electron chi connectivity index (χ2n) is 6.42. The van der Waals surface area contributed by atoms with Crippen LogP contribution in [-0.2, 0) is 0 Å². The van der Waals surface area contributed by atoms with Crippen molar-refractivity contribution in [3.63, 3.8) is 0 Å². The van der Waals surface area contributed by atoms with Gasteiger partial charge in [0, 0.05) is 6.04 Å². The summed E-state index contributed by atoms with van der Waals surface area (Å²) >= 11 is 1.44. The lowest BCUT2D eigenvalue weighted by atomic mass is 10.2. The van der Waals surface area contributed by atoms with Gasteiger partial charge in [-0.25, -0.2) is 15.0 Å². The van der Waals surface area contributed by atoms with Gasteiger partial charge in [-0.3, -0.25) is 10.1 Å². The van der Waals surface area contributed by atoms with Gasteiger partial charge in [0.2, 0.25) is 11.6 Å². The number of rotatable bonds is 5. The lowest BCUT2D eigenvalue weighted by molar-refractivity contribution is -0.383. The topological polar surface area (TPSA) is 106 Å². The van der Waals surface area contributed by atoms with E-state index in [0.29, 0.717) is 5.13 Å². The minimum absolute atomic E-state index is 0.144. The molecule has 0 radical (unpaired) electrons. The zero-order valence-electron chi connectivity index (χ0n) is 14.2. The number of nitrogens with zero attached hydrogens (tertiary/aromatic N) is 4. The third-order valence-corrected chi connectivity index (χ3v) is 5.40. The first-order valence-electron chi connectivity index (χ1n) is 8.50. The number of aromatic nitrogens is 3. The minimum Gasteiger partial charge on any atom is -0.361 e. The van der Waals surface area contributed by atoms with Crippen molar-refractivity contribution in [1.82, 2.24) is 15.0 Å². The maximum atomic E-state index is 11.7. The minimum atomic E-state index is -0.447. The standard InChI is InChI=1S/C17H18N6O2S/c1-10-6-7-12-13(8-10)26-17(21-12)22-16-14(23(24)25)15(18-9-19-16)20-11-4-2-3-5-11/h6-9,11H,2-5H2,1H3,(H2,18,19,20,21,22). The first kappa shape index (κ1) is 16.6. The van der Waals surface area contributed by atoms with Crippen molar-refractivity contribution in [2.75, 3.05) is 10.6 Å². The first-order valence-corrected chi connectivity index (χ1v) is 9.32. The second kappa shape index (κ2) is 6.83. The van der Waals surface area contributed by atoms with E-state index in [9.17, 15) is 10.1 Å². The van der Waals surface area contributed by atoms with Crippen molar-refractivity contribution in [3.8, 4) is 0 Å². The van der Waals surface area contributed by atoms with Gasteiger partial charge in [0.1, 0.15) is 6.33 Å². The van der Waals surface area contributed by atoms with Crippen LogP contribution in [0.2, 0.25) is 0 Å². The highest BCUT2D eigenvalue weighted by atomic mass is 32.1. The Hall–Kier alpha value is -2.81. The van der Waals surface area contributed by atoms with Crippen LogP contribution in [0.5, 0.6) is 0 Å². The molecule has 2 heterocycles. The molecule has 4 rings (SSSR count). The van der Waals surface area contributed by atoms with Crippen molar-refractivity contribution in [3.05, 3.63) is 40.2 Å². The number of benzene rings is 1. The zero-order chi connectivity index (χ0) is 18.1. The summed E-state index contributed by atoms with van der Waals surface area (Å²) in [6.45, 7) is 2.02. The maximum Gasteiger partial charge on any atom is 0.353 e. The van der Waals surface area contributed by atoms with E-state index in [-0.39, 0.29) is 23.4 Å². The lowest BCUT2D eigenvalue weighted by Gasteiger charge is -2.13. The Bertz CT molecular complexity index is 967. The molecule has 2 aromatic heterocycles. The molecular weight excluding hydrogens is 352 g/mol. The molecule has 0 bridgehead atoms. The van der Waals surface area contributed by atoms with Gasteiger partial charge >= 0.3 is 5.69 Å². The van der Waals surface area contributed by atoms with Crippen LogP contribution in [0.25, 0.3) is 10.2 Å². The molecule has 8 nitrogen and oxygen atoms in total. The summed E-state index contributed by atoms with van der Waals surface area (Å²) in [6, 6.07) is 6.19. The van der Waals surface area contributed by atoms with Gasteiger partial charge in [-0.15, -0.1) is 0 Å². The van der Waals surface area contributed by atoms with E-state index in [1.165, 1.54) is 17.7 Å². The zero-order valence-corrected chi connectivity index (χ0v) is 15.0. The number of nitro groups is 1. The van der Waals surface area contributed by atoms with E-state index in [1.54, 1.807) is 0 Å². The Kier molecular flexibility index (Phi) is 4.37. The number of hydrogen-bond acceptors (Lipinski definition) is 8. The van der Waals surface area contributed by atoms with E-state index >= 15 is 0 Å². The van der Waals surface area contributed by atoms with Crippen LogP contribution in [0, 0.1) is 17.0 Å². The van der Waals surface area contributed by atoms with Crippen molar-refractivity contribution >= 4 is 44.0 Å². The van der Waals surface area contributed by atoms with E-state index in [1.807, 2.05) is 25.1 Å². The fraction of sp³-hybridized carbons (Fsp3) is 0.353. The molecule has 2 N–H and O–H groups in total. The lowest BCUT2D eigenvalue weighted by Crippen LogP contribution is -2.17. The van der Waals surface area contributed by atoms with Gasteiger partial charge in [0.15, 0.2) is 5.13 Å². The summed E-state index contributed by atoms with van der Waals surface area (Å²) < 4.78 is 1.02. The van der Waals surface area contributed by atoms with Crippen molar-refractivity contribution in [2.24, 2.45) is 0 Å². The van der Waals surface area contributed by atoms with Crippen LogP contribution in [0.4, 0.5) is 22.5 Å². The number of nitrogens with one attached hydrogen (secondary N) is 2. The van der Waals surface area contributed by atoms with Crippen molar-refractivity contribution < 1.29 is 4.92 Å². The Labute approximate surface area is 153 Å². The summed E-state index contributed by atoms with van der Waals surface area (Å²) in [5.41, 5.74) is 1.85. The molecule has 0 atom stereocenters. The largest absolute Gasteiger partial charge is 0.361 e. The van der Waals surface area contributed by atoms with E-state index in [4.69, 9.17) is 0 Å². The molecule has 26 heavy (non-hydrogen) atoms. The summed E-state index contributed by atoms with van der Waals surface area (Å²) in [5.74, 6) is 0.414. The summed E-state index contributed by atoms with van der Waals surface area (Å²) in [7, 11) is 0. The van der Waals surface area contributed by atoms with E-state index < -0.39 is 4.92 Å². The predicted octanol–water partition coefficient (Wildman–Crippen LogP) is 4.40. The number of fused-ring (bicyclic) bond motifs is 1. The van der Waals surface area contributed by atoms with Crippen molar-refractivity contribution in [2.45, 2.75) is 38.6 Å². The molecule has 9 heteroatoms. The van der Waals surface area contributed by atoms with Gasteiger partial charge in [0.05, 0.1) is 15.1 Å². The van der Waals surface area contributed by atoms with Crippen molar-refractivity contribution in [1.29, 1.82) is 0 Å². The number of hydrogen-bond donors (Lipinski definition) is 2. The third-order valence-electron chi connectivity index (χ3n) is 4.47. The van der Waals surface area contributed by atoms with Gasteiger partial charge in [-0.2, -0.15) is 0 Å². The molecule has 0 amide bonds. The molecule has 1 aromatic carbocycles. The van der Waals surface area contributed by atoms with Gasteiger partial charge in [-0.05, 0) is 37.5 Å². The predicted molar refractivity (Wildman–Crippen MR) is 102 cm³/mol. The third kappa shape index (κ3) is 3.30. The molecule has 1 fully saturated rings. The second-order valence-corrected chi connectivity index (χ2v) is 7.45. The SMILES string of the molecule is Cc1ccc2nc(Nc3ncnc(NC4CCCC4)c3[N+](=O)[O-])sc2c1. The van der Waals surface area contributed by atoms with E-state index in [0.717, 1.165) is 41.5 Å². The van der Waals surface area contributed by atoms with Gasteiger partial charge in [0.25, 0.3) is 0 Å². The Morgan fingerprint density at radius 2 is 2.00 bits per heavy atom. The number of aryl methyl sites for hydroxylation is 1. The number of anilines is 3. The molecule has 134 valence electrons. The molecule has 0 aliphatic heterocycles. The summed E-state index contributed by atoms with van der Waals surface area (Å²) in [4.78, 5) is 23.9. The highest BCUT2D eigenvalue weighted by Crippen LogP contribution is 2.35. The van der Waals surface area contributed by atoms with Gasteiger partial charge in [-0.1, -0.05) is 30.2 Å². The quantitative estimate of drug-likeness (QED) is 0.506. The van der Waals surface area contributed by atoms with E-state index in [2.05, 4.69) is 25.6 Å². The molecule has 1 aliphatic rings. The smallest absolute Gasteiger partial charge is 0.353 e. The molecule has 0 unspecified atom stereocenters. The number of thiazole rings is 1. The van der Waals surface area contributed by atoms with Crippen LogP contribution in [0.3, 0.4) is 0 Å². The maximum absolute atomic E-state index is 11.7. The normalized spacial score (nSPS) is 14.7. The Morgan fingerprint density at radius 1 is 1.23 bits per heavy atom. The summed E-state index contributed by atoms with van der Waals surface area (Å²) in [6.07, 6.45) is 5.60. The fourth-order valence-corrected chi connectivity index (χ4v) is 4.16. The van der Waals surface area contributed by atoms with Crippen LogP contribution >= 0.6 is 11.3 Å². The van der Waals surface area contributed by atoms with Crippen LogP contribution < -0.4 is 10.6 Å².